The van der Waals surface area contributed by atoms with Crippen LogP contribution in [0.2, 0.25) is 0 Å². The molecule has 0 atom stereocenters. The first-order valence-corrected chi connectivity index (χ1v) is 7.09. The average Bonchev–Trinajstić information content (AvgIpc) is 3.06. The molecule has 1 aromatic carbocycles. The topological polar surface area (TPSA) is 38.7 Å². The molecular formula is C16H19NO2. The number of methoxy groups -OCH3 is 1. The Kier molecular flexibility index (Phi) is 3.16. The maximum Gasteiger partial charge on any atom is 0.235 e. The molecule has 0 aliphatic heterocycles. The van der Waals surface area contributed by atoms with Crippen molar-refractivity contribution in [2.75, 3.05) is 7.11 Å². The Morgan fingerprint density at radius 3 is 2.68 bits per heavy atom. The molecule has 3 rings (SSSR count). The second kappa shape index (κ2) is 4.82. The number of benzene rings is 1. The number of rotatable bonds is 3. The second-order valence-corrected chi connectivity index (χ2v) is 5.58. The Morgan fingerprint density at radius 1 is 1.21 bits per heavy atom. The lowest BCUT2D eigenvalue weighted by molar-refractivity contribution is 0.377. The van der Waals surface area contributed by atoms with Gasteiger partial charge >= 0.3 is 0 Å². The minimum absolute atomic E-state index is 0.372. The Hall–Kier alpha value is -1.60. The van der Waals surface area contributed by atoms with Gasteiger partial charge in [-0.15, -0.1) is 0 Å². The molecule has 0 heterocycles. The summed E-state index contributed by atoms with van der Waals surface area (Å²) in [6.07, 6.45) is 9.34. The Balaban J connectivity index is 2.22. The number of fused-ring (bicyclic) bond motifs is 1. The summed E-state index contributed by atoms with van der Waals surface area (Å²) in [5, 5.41) is 0. The molecule has 0 aromatic heterocycles. The zero-order valence-corrected chi connectivity index (χ0v) is 11.4. The van der Waals surface area contributed by atoms with Gasteiger partial charge in [0.05, 0.1) is 7.11 Å². The van der Waals surface area contributed by atoms with Crippen molar-refractivity contribution in [2.24, 2.45) is 4.99 Å². The summed E-state index contributed by atoms with van der Waals surface area (Å²) in [5.74, 6) is 0.890. The van der Waals surface area contributed by atoms with Gasteiger partial charge in [-0.05, 0) is 49.3 Å². The van der Waals surface area contributed by atoms with Gasteiger partial charge in [0.2, 0.25) is 6.08 Å². The monoisotopic (exact) mass is 257 g/mol. The van der Waals surface area contributed by atoms with E-state index in [0.717, 1.165) is 44.3 Å². The van der Waals surface area contributed by atoms with Crippen LogP contribution in [0.4, 0.5) is 0 Å². The van der Waals surface area contributed by atoms with E-state index in [1.807, 2.05) is 12.1 Å². The van der Waals surface area contributed by atoms with Crippen LogP contribution in [0.3, 0.4) is 0 Å². The predicted molar refractivity (Wildman–Crippen MR) is 73.3 cm³/mol. The van der Waals surface area contributed by atoms with E-state index >= 15 is 0 Å². The van der Waals surface area contributed by atoms with E-state index < -0.39 is 0 Å². The number of isocyanates is 1. The van der Waals surface area contributed by atoms with E-state index in [1.165, 1.54) is 23.1 Å². The number of hydrogen-bond acceptors (Lipinski definition) is 3. The molecule has 2 aliphatic rings. The SMILES string of the molecule is COc1ccc2c(c1C1(N=C=O)CCCC1)CCC2. The standard InChI is InChI=1S/C16H19NO2/c1-19-14-8-7-12-5-4-6-13(12)15(14)16(17-11-18)9-2-3-10-16/h7-8H,2-6,9-10H2,1H3. The maximum atomic E-state index is 10.9. The van der Waals surface area contributed by atoms with Gasteiger partial charge in [-0.2, -0.15) is 4.99 Å². The van der Waals surface area contributed by atoms with Gasteiger partial charge in [0.25, 0.3) is 0 Å². The average molecular weight is 257 g/mol. The molecule has 1 aromatic rings. The summed E-state index contributed by atoms with van der Waals surface area (Å²) < 4.78 is 5.56. The molecule has 1 fully saturated rings. The van der Waals surface area contributed by atoms with Crippen molar-refractivity contribution in [1.82, 2.24) is 0 Å². The molecule has 0 unspecified atom stereocenters. The van der Waals surface area contributed by atoms with Gasteiger partial charge in [-0.1, -0.05) is 18.9 Å². The first kappa shape index (κ1) is 12.4. The quantitative estimate of drug-likeness (QED) is 0.615. The number of carbonyl (C=O) groups excluding carboxylic acids is 1. The molecule has 0 amide bonds. The van der Waals surface area contributed by atoms with Crippen LogP contribution in [-0.4, -0.2) is 13.2 Å². The van der Waals surface area contributed by atoms with Crippen LogP contribution in [0, 0.1) is 0 Å². The van der Waals surface area contributed by atoms with Crippen molar-refractivity contribution < 1.29 is 9.53 Å². The van der Waals surface area contributed by atoms with Gasteiger partial charge in [0, 0.05) is 5.56 Å². The third kappa shape index (κ3) is 1.89. The van der Waals surface area contributed by atoms with E-state index in [2.05, 4.69) is 11.1 Å². The lowest BCUT2D eigenvalue weighted by Crippen LogP contribution is -2.22. The normalized spacial score (nSPS) is 19.8. The van der Waals surface area contributed by atoms with Gasteiger partial charge < -0.3 is 4.74 Å². The molecule has 0 saturated heterocycles. The summed E-state index contributed by atoms with van der Waals surface area (Å²) in [6.45, 7) is 0. The van der Waals surface area contributed by atoms with Gasteiger partial charge in [-0.25, -0.2) is 4.79 Å². The van der Waals surface area contributed by atoms with Crippen LogP contribution in [-0.2, 0) is 23.2 Å². The van der Waals surface area contributed by atoms with Crippen LogP contribution in [0.15, 0.2) is 17.1 Å². The lowest BCUT2D eigenvalue weighted by atomic mass is 9.83. The fraction of sp³-hybridized carbons (Fsp3) is 0.562. The molecule has 3 heteroatoms. The van der Waals surface area contributed by atoms with E-state index in [0.29, 0.717) is 0 Å². The molecule has 0 bridgehead atoms. The summed E-state index contributed by atoms with van der Waals surface area (Å²) >= 11 is 0. The van der Waals surface area contributed by atoms with Gasteiger partial charge in [0.15, 0.2) is 0 Å². The third-order valence-electron chi connectivity index (χ3n) is 4.62. The maximum absolute atomic E-state index is 10.9. The van der Waals surface area contributed by atoms with Crippen LogP contribution < -0.4 is 4.74 Å². The van der Waals surface area contributed by atoms with Crippen molar-refractivity contribution >= 4 is 6.08 Å². The van der Waals surface area contributed by atoms with Gasteiger partial charge in [0.1, 0.15) is 11.3 Å². The minimum atomic E-state index is -0.372. The number of nitrogens with zero attached hydrogens (tertiary/aromatic N) is 1. The summed E-state index contributed by atoms with van der Waals surface area (Å²) in [7, 11) is 1.70. The zero-order valence-electron chi connectivity index (χ0n) is 11.4. The highest BCUT2D eigenvalue weighted by Gasteiger charge is 2.40. The highest BCUT2D eigenvalue weighted by atomic mass is 16.5. The third-order valence-corrected chi connectivity index (χ3v) is 4.62. The lowest BCUT2D eigenvalue weighted by Gasteiger charge is -2.28. The van der Waals surface area contributed by atoms with Crippen LogP contribution in [0.1, 0.15) is 48.8 Å². The minimum Gasteiger partial charge on any atom is -0.496 e. The van der Waals surface area contributed by atoms with Crippen molar-refractivity contribution in [3.8, 4) is 5.75 Å². The van der Waals surface area contributed by atoms with Crippen LogP contribution in [0.25, 0.3) is 0 Å². The molecule has 3 nitrogen and oxygen atoms in total. The van der Waals surface area contributed by atoms with Crippen molar-refractivity contribution in [3.05, 3.63) is 28.8 Å². The van der Waals surface area contributed by atoms with Crippen molar-refractivity contribution in [1.29, 1.82) is 0 Å². The fourth-order valence-electron chi connectivity index (χ4n) is 3.79. The Morgan fingerprint density at radius 2 is 2.00 bits per heavy atom. The molecule has 2 aliphatic carbocycles. The molecule has 0 spiro atoms. The van der Waals surface area contributed by atoms with Gasteiger partial charge in [-0.3, -0.25) is 0 Å². The molecule has 1 saturated carbocycles. The molecule has 0 N–H and O–H groups in total. The number of hydrogen-bond donors (Lipinski definition) is 0. The fourth-order valence-corrected chi connectivity index (χ4v) is 3.79. The molecule has 19 heavy (non-hydrogen) atoms. The summed E-state index contributed by atoms with van der Waals surface area (Å²) in [6, 6.07) is 4.21. The molecular weight excluding hydrogens is 238 g/mol. The highest BCUT2D eigenvalue weighted by molar-refractivity contribution is 5.53. The zero-order chi connectivity index (χ0) is 13.3. The highest BCUT2D eigenvalue weighted by Crippen LogP contribution is 2.49. The molecule has 0 radical (unpaired) electrons. The smallest absolute Gasteiger partial charge is 0.235 e. The van der Waals surface area contributed by atoms with Crippen molar-refractivity contribution in [3.63, 3.8) is 0 Å². The van der Waals surface area contributed by atoms with E-state index in [1.54, 1.807) is 7.11 Å². The van der Waals surface area contributed by atoms with Crippen molar-refractivity contribution in [2.45, 2.75) is 50.5 Å². The first-order valence-electron chi connectivity index (χ1n) is 7.09. The Labute approximate surface area is 113 Å². The molecule has 100 valence electrons. The van der Waals surface area contributed by atoms with E-state index in [9.17, 15) is 4.79 Å². The van der Waals surface area contributed by atoms with E-state index in [-0.39, 0.29) is 5.54 Å². The Bertz CT molecular complexity index is 538. The summed E-state index contributed by atoms with van der Waals surface area (Å²) in [5.41, 5.74) is 3.58. The van der Waals surface area contributed by atoms with E-state index in [4.69, 9.17) is 4.74 Å². The first-order chi connectivity index (χ1) is 9.30. The second-order valence-electron chi connectivity index (χ2n) is 5.58. The van der Waals surface area contributed by atoms with Crippen LogP contribution >= 0.6 is 0 Å². The number of ether oxygens (including phenoxy) is 1. The van der Waals surface area contributed by atoms with Crippen LogP contribution in [0.5, 0.6) is 5.75 Å². The number of aryl methyl sites for hydroxylation is 1. The summed E-state index contributed by atoms with van der Waals surface area (Å²) in [4.78, 5) is 15.1. The number of aliphatic imine (C=N–C) groups is 1. The largest absolute Gasteiger partial charge is 0.496 e. The predicted octanol–water partition coefficient (Wildman–Crippen LogP) is 3.29.